The van der Waals surface area contributed by atoms with E-state index in [-0.39, 0.29) is 12.1 Å². The van der Waals surface area contributed by atoms with Gasteiger partial charge < -0.3 is 10.2 Å². The summed E-state index contributed by atoms with van der Waals surface area (Å²) in [5.74, 6) is 0.107. The molecule has 5 heteroatoms. The fourth-order valence-electron chi connectivity index (χ4n) is 2.46. The number of para-hydroxylation sites is 1. The number of fused-ring (bicyclic) bond motifs is 1. The predicted octanol–water partition coefficient (Wildman–Crippen LogP) is 4.49. The van der Waals surface area contributed by atoms with E-state index in [0.29, 0.717) is 0 Å². The minimum absolute atomic E-state index is 0.0753. The van der Waals surface area contributed by atoms with Gasteiger partial charge in [-0.3, -0.25) is 4.79 Å². The number of hydrogen-bond acceptors (Lipinski definition) is 3. The Labute approximate surface area is 130 Å². The second-order valence-corrected chi connectivity index (χ2v) is 7.23. The molecule has 2 aromatic rings. The number of rotatable bonds is 3. The minimum Gasteiger partial charge on any atom is -0.360 e. The van der Waals surface area contributed by atoms with Crippen molar-refractivity contribution in [3.8, 4) is 0 Å². The monoisotopic (exact) mass is 350 g/mol. The number of thiophene rings is 1. The first-order valence-electron chi connectivity index (χ1n) is 6.62. The van der Waals surface area contributed by atoms with Gasteiger partial charge >= 0.3 is 0 Å². The molecule has 2 heterocycles. The van der Waals surface area contributed by atoms with Crippen LogP contribution in [0.5, 0.6) is 0 Å². The van der Waals surface area contributed by atoms with Gasteiger partial charge in [0.25, 0.3) is 5.91 Å². The Morgan fingerprint density at radius 1 is 1.30 bits per heavy atom. The maximum Gasteiger partial charge on any atom is 0.257 e. The van der Waals surface area contributed by atoms with Crippen molar-refractivity contribution in [3.05, 3.63) is 50.6 Å². The molecule has 3 nitrogen and oxygen atoms in total. The molecule has 0 bridgehead atoms. The summed E-state index contributed by atoms with van der Waals surface area (Å²) in [5.41, 5.74) is 1.67. The molecule has 1 atom stereocenters. The number of anilines is 1. The highest BCUT2D eigenvalue weighted by Crippen LogP contribution is 2.36. The molecular formula is C15H15BrN2OS. The largest absolute Gasteiger partial charge is 0.360 e. The molecule has 0 unspecified atom stereocenters. The van der Waals surface area contributed by atoms with E-state index in [4.69, 9.17) is 0 Å². The van der Waals surface area contributed by atoms with Crippen molar-refractivity contribution in [1.82, 2.24) is 4.90 Å². The highest BCUT2D eigenvalue weighted by atomic mass is 79.9. The summed E-state index contributed by atoms with van der Waals surface area (Å²) < 4.78 is 1.08. The van der Waals surface area contributed by atoms with Gasteiger partial charge in [-0.25, -0.2) is 0 Å². The molecule has 1 aromatic heterocycles. The zero-order valence-electron chi connectivity index (χ0n) is 11.1. The van der Waals surface area contributed by atoms with Gasteiger partial charge in [-0.2, -0.15) is 0 Å². The van der Waals surface area contributed by atoms with Crippen LogP contribution < -0.4 is 5.32 Å². The van der Waals surface area contributed by atoms with Crippen molar-refractivity contribution in [1.29, 1.82) is 0 Å². The molecule has 0 fully saturated rings. The van der Waals surface area contributed by atoms with E-state index >= 15 is 0 Å². The Morgan fingerprint density at radius 2 is 2.10 bits per heavy atom. The van der Waals surface area contributed by atoms with Crippen LogP contribution in [0.2, 0.25) is 0 Å². The van der Waals surface area contributed by atoms with E-state index in [1.165, 1.54) is 0 Å². The van der Waals surface area contributed by atoms with Crippen LogP contribution in [0.15, 0.2) is 40.2 Å². The molecule has 0 saturated carbocycles. The van der Waals surface area contributed by atoms with Crippen LogP contribution in [-0.4, -0.2) is 17.4 Å². The summed E-state index contributed by atoms with van der Waals surface area (Å²) in [6.07, 6.45) is 0.868. The summed E-state index contributed by atoms with van der Waals surface area (Å²) in [6.45, 7) is 2.84. The standard InChI is InChI=1S/C15H15BrN2OS/c1-2-9-18-14(12-7-8-13(16)20-12)17-11-6-4-3-5-10(11)15(18)19/h3-8,14,17H,2,9H2,1H3/t14-/m1/s1. The maximum atomic E-state index is 12.7. The fraction of sp³-hybridized carbons (Fsp3) is 0.267. The SMILES string of the molecule is CCCN1C(=O)c2ccccc2N[C@H]1c1ccc(Br)s1. The van der Waals surface area contributed by atoms with Crippen LogP contribution in [-0.2, 0) is 0 Å². The second-order valence-electron chi connectivity index (χ2n) is 4.73. The van der Waals surface area contributed by atoms with Crippen LogP contribution in [0.1, 0.15) is 34.7 Å². The van der Waals surface area contributed by atoms with Crippen LogP contribution in [0.25, 0.3) is 0 Å². The minimum atomic E-state index is -0.0753. The first-order valence-corrected chi connectivity index (χ1v) is 8.23. The summed E-state index contributed by atoms with van der Waals surface area (Å²) in [6, 6.07) is 11.8. The Hall–Kier alpha value is -1.33. The van der Waals surface area contributed by atoms with Crippen LogP contribution in [0.4, 0.5) is 5.69 Å². The molecule has 3 rings (SSSR count). The van der Waals surface area contributed by atoms with Gasteiger partial charge in [-0.1, -0.05) is 19.1 Å². The average Bonchev–Trinajstić information content (AvgIpc) is 2.88. The molecule has 1 aliphatic heterocycles. The Bertz CT molecular complexity index is 640. The predicted molar refractivity (Wildman–Crippen MR) is 86.2 cm³/mol. The molecule has 0 aliphatic carbocycles. The van der Waals surface area contributed by atoms with Crippen LogP contribution >= 0.6 is 27.3 Å². The van der Waals surface area contributed by atoms with Gasteiger partial charge in [0, 0.05) is 17.1 Å². The lowest BCUT2D eigenvalue weighted by Crippen LogP contribution is -2.42. The Balaban J connectivity index is 2.03. The number of benzene rings is 1. The molecule has 0 radical (unpaired) electrons. The summed E-state index contributed by atoms with van der Waals surface area (Å²) in [5, 5.41) is 3.49. The summed E-state index contributed by atoms with van der Waals surface area (Å²) in [7, 11) is 0. The number of amides is 1. The number of nitrogens with zero attached hydrogens (tertiary/aromatic N) is 1. The normalized spacial score (nSPS) is 17.8. The van der Waals surface area contributed by atoms with E-state index in [9.17, 15) is 4.79 Å². The van der Waals surface area contributed by atoms with Crippen molar-refractivity contribution in [2.75, 3.05) is 11.9 Å². The van der Waals surface area contributed by atoms with Crippen LogP contribution in [0, 0.1) is 0 Å². The Kier molecular flexibility index (Phi) is 3.81. The summed E-state index contributed by atoms with van der Waals surface area (Å²) >= 11 is 5.15. The van der Waals surface area contributed by atoms with Gasteiger partial charge in [0.05, 0.1) is 9.35 Å². The quantitative estimate of drug-likeness (QED) is 0.884. The molecule has 1 aliphatic rings. The number of carbonyl (C=O) groups is 1. The van der Waals surface area contributed by atoms with E-state index in [1.807, 2.05) is 35.2 Å². The topological polar surface area (TPSA) is 32.3 Å². The molecule has 0 spiro atoms. The lowest BCUT2D eigenvalue weighted by atomic mass is 10.1. The van der Waals surface area contributed by atoms with Gasteiger partial charge in [0.2, 0.25) is 0 Å². The van der Waals surface area contributed by atoms with Gasteiger partial charge in [0.1, 0.15) is 6.17 Å². The van der Waals surface area contributed by atoms with Crippen molar-refractivity contribution >= 4 is 38.9 Å². The third-order valence-electron chi connectivity index (χ3n) is 3.35. The Morgan fingerprint density at radius 3 is 2.80 bits per heavy atom. The molecule has 0 saturated heterocycles. The van der Waals surface area contributed by atoms with Gasteiger partial charge in [0.15, 0.2) is 0 Å². The van der Waals surface area contributed by atoms with E-state index in [2.05, 4.69) is 34.2 Å². The van der Waals surface area contributed by atoms with E-state index in [0.717, 1.165) is 32.9 Å². The number of hydrogen-bond donors (Lipinski definition) is 1. The lowest BCUT2D eigenvalue weighted by molar-refractivity contribution is 0.0686. The molecule has 1 aromatic carbocycles. The number of carbonyl (C=O) groups excluding carboxylic acids is 1. The molecular weight excluding hydrogens is 336 g/mol. The van der Waals surface area contributed by atoms with E-state index in [1.54, 1.807) is 11.3 Å². The highest BCUT2D eigenvalue weighted by molar-refractivity contribution is 9.11. The lowest BCUT2D eigenvalue weighted by Gasteiger charge is -2.37. The average molecular weight is 351 g/mol. The summed E-state index contributed by atoms with van der Waals surface area (Å²) in [4.78, 5) is 15.7. The first kappa shape index (κ1) is 13.6. The smallest absolute Gasteiger partial charge is 0.257 e. The fourth-order valence-corrected chi connectivity index (χ4v) is 3.95. The van der Waals surface area contributed by atoms with Crippen molar-refractivity contribution in [2.24, 2.45) is 0 Å². The van der Waals surface area contributed by atoms with Gasteiger partial charge in [-0.15, -0.1) is 11.3 Å². The van der Waals surface area contributed by atoms with Gasteiger partial charge in [-0.05, 0) is 46.6 Å². The second kappa shape index (κ2) is 5.58. The molecule has 104 valence electrons. The molecule has 1 N–H and O–H groups in total. The molecule has 1 amide bonds. The maximum absolute atomic E-state index is 12.7. The van der Waals surface area contributed by atoms with Crippen LogP contribution in [0.3, 0.4) is 0 Å². The van der Waals surface area contributed by atoms with Crippen molar-refractivity contribution in [2.45, 2.75) is 19.5 Å². The number of halogens is 1. The third-order valence-corrected chi connectivity index (χ3v) is 5.03. The van der Waals surface area contributed by atoms with Crippen molar-refractivity contribution in [3.63, 3.8) is 0 Å². The first-order chi connectivity index (χ1) is 9.70. The number of nitrogens with one attached hydrogen (secondary N) is 1. The van der Waals surface area contributed by atoms with Crippen molar-refractivity contribution < 1.29 is 4.79 Å². The zero-order valence-corrected chi connectivity index (χ0v) is 13.5. The zero-order chi connectivity index (χ0) is 14.1. The molecule has 20 heavy (non-hydrogen) atoms. The van der Waals surface area contributed by atoms with E-state index < -0.39 is 0 Å². The third kappa shape index (κ3) is 2.36. The highest BCUT2D eigenvalue weighted by Gasteiger charge is 2.32.